The summed E-state index contributed by atoms with van der Waals surface area (Å²) < 4.78 is 0. The molecule has 0 atom stereocenters. The van der Waals surface area contributed by atoms with Crippen molar-refractivity contribution in [1.82, 2.24) is 0 Å². The van der Waals surface area contributed by atoms with Crippen LogP contribution >= 0.6 is 21.6 Å². The summed E-state index contributed by atoms with van der Waals surface area (Å²) in [5.41, 5.74) is -1.24. The van der Waals surface area contributed by atoms with Crippen LogP contribution in [0.1, 0.15) is 41.4 Å². The minimum absolute atomic E-state index is 0.139. The molecule has 2 aromatic carbocycles. The van der Waals surface area contributed by atoms with Gasteiger partial charge in [-0.15, -0.1) is 0 Å². The van der Waals surface area contributed by atoms with Gasteiger partial charge in [-0.3, -0.25) is 0 Å². The molecule has 2 aromatic rings. The van der Waals surface area contributed by atoms with Crippen LogP contribution in [0.5, 0.6) is 0 Å². The molecule has 134 valence electrons. The van der Waals surface area contributed by atoms with Crippen molar-refractivity contribution in [3.63, 3.8) is 0 Å². The van der Waals surface area contributed by atoms with Crippen molar-refractivity contribution < 1.29 is 39.6 Å². The number of hydrogen-bond acceptors (Lipinski definition) is 6. The molecule has 0 aliphatic carbocycles. The highest BCUT2D eigenvalue weighted by atomic mass is 33.1. The zero-order valence-electron chi connectivity index (χ0n) is 12.7. The average molecular weight is 394 g/mol. The molecule has 0 spiro atoms. The maximum absolute atomic E-state index is 11.4. The third kappa shape index (κ3) is 4.35. The first-order chi connectivity index (χ1) is 12.2. The third-order valence-corrected chi connectivity index (χ3v) is 5.50. The highest BCUT2D eigenvalue weighted by Gasteiger charge is 2.21. The molecule has 0 unspecified atom stereocenters. The predicted octanol–water partition coefficient (Wildman–Crippen LogP) is 3.28. The first-order valence-corrected chi connectivity index (χ1v) is 8.91. The summed E-state index contributed by atoms with van der Waals surface area (Å²) in [4.78, 5) is 45.2. The molecule has 0 aromatic heterocycles. The first-order valence-electron chi connectivity index (χ1n) is 6.76. The topological polar surface area (TPSA) is 149 Å². The van der Waals surface area contributed by atoms with Crippen molar-refractivity contribution in [3.8, 4) is 0 Å². The smallest absolute Gasteiger partial charge is 0.337 e. The van der Waals surface area contributed by atoms with Gasteiger partial charge in [-0.05, 0) is 30.3 Å². The Morgan fingerprint density at radius 3 is 1.73 bits per heavy atom. The van der Waals surface area contributed by atoms with Gasteiger partial charge in [0.05, 0.1) is 22.3 Å². The largest absolute Gasteiger partial charge is 0.478 e. The molecule has 2 rings (SSSR count). The van der Waals surface area contributed by atoms with Gasteiger partial charge >= 0.3 is 23.9 Å². The van der Waals surface area contributed by atoms with Crippen LogP contribution in [0.15, 0.2) is 46.2 Å². The van der Waals surface area contributed by atoms with E-state index in [9.17, 15) is 24.3 Å². The van der Waals surface area contributed by atoms with Gasteiger partial charge in [-0.25, -0.2) is 19.2 Å². The van der Waals surface area contributed by atoms with Crippen molar-refractivity contribution in [2.75, 3.05) is 0 Å². The van der Waals surface area contributed by atoms with E-state index in [2.05, 4.69) is 0 Å². The Morgan fingerprint density at radius 1 is 0.692 bits per heavy atom. The summed E-state index contributed by atoms with van der Waals surface area (Å²) in [5.74, 6) is -5.43. The number of carboxylic acids is 4. The maximum Gasteiger partial charge on any atom is 0.337 e. The molecule has 0 saturated carbocycles. The molecule has 0 amide bonds. The number of hydrogen-bond donors (Lipinski definition) is 4. The minimum Gasteiger partial charge on any atom is -0.478 e. The van der Waals surface area contributed by atoms with E-state index < -0.39 is 29.4 Å². The Kier molecular flexibility index (Phi) is 5.90. The lowest BCUT2D eigenvalue weighted by molar-refractivity contribution is 0.0648. The van der Waals surface area contributed by atoms with Gasteiger partial charge in [0.1, 0.15) is 0 Å². The van der Waals surface area contributed by atoms with Crippen LogP contribution in [0.2, 0.25) is 0 Å². The van der Waals surface area contributed by atoms with Gasteiger partial charge < -0.3 is 20.4 Å². The van der Waals surface area contributed by atoms with Crippen molar-refractivity contribution in [1.29, 1.82) is 0 Å². The molecule has 0 saturated heterocycles. The lowest BCUT2D eigenvalue weighted by atomic mass is 10.1. The number of benzene rings is 2. The number of carboxylic acid groups (broad SMARTS) is 4. The molecule has 0 bridgehead atoms. The Bertz CT molecular complexity index is 890. The monoisotopic (exact) mass is 394 g/mol. The fraction of sp³-hybridized carbons (Fsp3) is 0. The molecule has 0 fully saturated rings. The molecule has 26 heavy (non-hydrogen) atoms. The van der Waals surface area contributed by atoms with E-state index >= 15 is 0 Å². The van der Waals surface area contributed by atoms with Gasteiger partial charge in [0, 0.05) is 9.79 Å². The summed E-state index contributed by atoms with van der Waals surface area (Å²) in [6, 6.07) is 7.45. The first kappa shape index (κ1) is 19.3. The van der Waals surface area contributed by atoms with E-state index in [1.165, 1.54) is 24.3 Å². The van der Waals surface area contributed by atoms with E-state index in [1.807, 2.05) is 0 Å². The van der Waals surface area contributed by atoms with E-state index in [4.69, 9.17) is 15.3 Å². The van der Waals surface area contributed by atoms with Crippen molar-refractivity contribution >= 4 is 45.5 Å². The fourth-order valence-corrected chi connectivity index (χ4v) is 4.20. The van der Waals surface area contributed by atoms with Gasteiger partial charge in [0.15, 0.2) is 0 Å². The van der Waals surface area contributed by atoms with Crippen molar-refractivity contribution in [3.05, 3.63) is 58.7 Å². The fourth-order valence-electron chi connectivity index (χ4n) is 1.99. The van der Waals surface area contributed by atoms with E-state index in [0.717, 1.165) is 33.7 Å². The normalized spacial score (nSPS) is 10.3. The molecular formula is C16H10O8S2. The van der Waals surface area contributed by atoms with Crippen LogP contribution in [0.3, 0.4) is 0 Å². The van der Waals surface area contributed by atoms with Crippen LogP contribution in [-0.2, 0) is 0 Å². The number of carbonyl (C=O) groups is 4. The van der Waals surface area contributed by atoms with E-state index in [1.54, 1.807) is 0 Å². The summed E-state index contributed by atoms with van der Waals surface area (Å²) in [6.45, 7) is 0. The van der Waals surface area contributed by atoms with Gasteiger partial charge in [-0.1, -0.05) is 27.7 Å². The summed E-state index contributed by atoms with van der Waals surface area (Å²) >= 11 is 0. The molecule has 10 heteroatoms. The third-order valence-electron chi connectivity index (χ3n) is 3.10. The van der Waals surface area contributed by atoms with Crippen LogP contribution in [0.4, 0.5) is 0 Å². The molecule has 0 aliphatic rings. The summed E-state index contributed by atoms with van der Waals surface area (Å²) in [7, 11) is 1.81. The second kappa shape index (κ2) is 7.93. The Hall–Kier alpha value is -2.98. The number of rotatable bonds is 7. The minimum atomic E-state index is -1.42. The van der Waals surface area contributed by atoms with Crippen LogP contribution in [0.25, 0.3) is 0 Å². The molecule has 4 N–H and O–H groups in total. The highest BCUT2D eigenvalue weighted by Crippen LogP contribution is 2.40. The van der Waals surface area contributed by atoms with Crippen LogP contribution in [-0.4, -0.2) is 44.3 Å². The SMILES string of the molecule is O=C(O)c1cc(SSc2cccc(C(=O)O)c2C(=O)O)cc(C(=O)O)c1. The quantitative estimate of drug-likeness (QED) is 0.515. The number of aromatic carboxylic acids is 4. The maximum atomic E-state index is 11.4. The summed E-state index contributed by atoms with van der Waals surface area (Å²) in [6.07, 6.45) is 0. The second-order valence-corrected chi connectivity index (χ2v) is 7.06. The van der Waals surface area contributed by atoms with Gasteiger partial charge in [0.2, 0.25) is 0 Å². The van der Waals surface area contributed by atoms with E-state index in [0.29, 0.717) is 0 Å². The van der Waals surface area contributed by atoms with Gasteiger partial charge in [0.25, 0.3) is 0 Å². The van der Waals surface area contributed by atoms with Crippen LogP contribution < -0.4 is 0 Å². The standard InChI is InChI=1S/C16H10O8S2/c17-13(18)7-4-8(14(19)20)6-9(5-7)25-26-11-3-1-2-10(15(21)22)12(11)16(23)24/h1-6H,(H,17,18)(H,19,20)(H,21,22)(H,23,24). The predicted molar refractivity (Wildman–Crippen MR) is 92.4 cm³/mol. The highest BCUT2D eigenvalue weighted by molar-refractivity contribution is 8.76. The molecular weight excluding hydrogens is 384 g/mol. The molecule has 8 nitrogen and oxygen atoms in total. The molecule has 0 heterocycles. The van der Waals surface area contributed by atoms with Crippen molar-refractivity contribution in [2.24, 2.45) is 0 Å². The molecule has 0 radical (unpaired) electrons. The van der Waals surface area contributed by atoms with Crippen molar-refractivity contribution in [2.45, 2.75) is 9.79 Å². The zero-order chi connectivity index (χ0) is 19.4. The Morgan fingerprint density at radius 2 is 1.27 bits per heavy atom. The summed E-state index contributed by atoms with van der Waals surface area (Å²) in [5, 5.41) is 36.5. The zero-order valence-corrected chi connectivity index (χ0v) is 14.3. The Labute approximate surface area is 153 Å². The Balaban J connectivity index is 2.39. The van der Waals surface area contributed by atoms with Crippen LogP contribution in [0, 0.1) is 0 Å². The molecule has 0 aliphatic heterocycles. The lowest BCUT2D eigenvalue weighted by Crippen LogP contribution is -2.09. The average Bonchev–Trinajstić information content (AvgIpc) is 2.58. The van der Waals surface area contributed by atoms with Gasteiger partial charge in [-0.2, -0.15) is 0 Å². The lowest BCUT2D eigenvalue weighted by Gasteiger charge is -2.09. The second-order valence-electron chi connectivity index (χ2n) is 4.81. The van der Waals surface area contributed by atoms with E-state index in [-0.39, 0.29) is 26.5 Å².